The van der Waals surface area contributed by atoms with Crippen LogP contribution in [0.3, 0.4) is 0 Å². The molecule has 0 unspecified atom stereocenters. The number of sulfonamides is 1. The van der Waals surface area contributed by atoms with Crippen molar-refractivity contribution < 1.29 is 22.7 Å². The van der Waals surface area contributed by atoms with E-state index in [1.807, 2.05) is 0 Å². The molecule has 0 atom stereocenters. The molecule has 2 saturated heterocycles. The normalized spacial score (nSPS) is 23.3. The summed E-state index contributed by atoms with van der Waals surface area (Å²) in [5, 5.41) is 17.8. The third kappa shape index (κ3) is 6.31. The van der Waals surface area contributed by atoms with E-state index in [0.717, 1.165) is 77.0 Å². The number of nitrogens with one attached hydrogen (secondary N) is 1. The van der Waals surface area contributed by atoms with Gasteiger partial charge in [-0.3, -0.25) is 4.72 Å². The van der Waals surface area contributed by atoms with E-state index in [-0.39, 0.29) is 11.4 Å². The smallest absolute Gasteiger partial charge is 0.266 e. The van der Waals surface area contributed by atoms with E-state index in [1.54, 1.807) is 30.5 Å². The lowest BCUT2D eigenvalue weighted by atomic mass is 9.91. The summed E-state index contributed by atoms with van der Waals surface area (Å²) in [6, 6.07) is 7.01. The molecule has 8 bridgehead atoms. The molecule has 1 aromatic carbocycles. The highest BCUT2D eigenvalue weighted by molar-refractivity contribution is 7.92. The van der Waals surface area contributed by atoms with Crippen LogP contribution in [0.5, 0.6) is 0 Å². The molecule has 41 heavy (non-hydrogen) atoms. The minimum absolute atomic E-state index is 0.209. The largest absolute Gasteiger partial charge is 0.415 e. The molecular formula is C28H37N7O5S. The fourth-order valence-electron chi connectivity index (χ4n) is 5.92. The minimum Gasteiger partial charge on any atom is -0.415 e. The fraction of sp³-hybridized carbons (Fsp3) is 0.571. The summed E-state index contributed by atoms with van der Waals surface area (Å²) in [6.07, 6.45) is 7.82. The lowest BCUT2D eigenvalue weighted by molar-refractivity contribution is -0.0501. The maximum atomic E-state index is 12.4. The molecule has 2 aromatic heterocycles. The molecule has 2 fully saturated rings. The quantitative estimate of drug-likeness (QED) is 0.466. The van der Waals surface area contributed by atoms with Crippen LogP contribution in [0.4, 0.5) is 17.3 Å². The Hall–Kier alpha value is -3.29. The monoisotopic (exact) mass is 583 g/mol. The van der Waals surface area contributed by atoms with Crippen LogP contribution >= 0.6 is 0 Å². The van der Waals surface area contributed by atoms with Crippen LogP contribution in [0.2, 0.25) is 0 Å². The van der Waals surface area contributed by atoms with Crippen molar-refractivity contribution in [1.29, 1.82) is 0 Å². The van der Waals surface area contributed by atoms with E-state index in [9.17, 15) is 8.42 Å². The second kappa shape index (κ2) is 11.5. The van der Waals surface area contributed by atoms with Gasteiger partial charge in [-0.05, 0) is 75.6 Å². The van der Waals surface area contributed by atoms with Crippen LogP contribution in [0.15, 0.2) is 34.9 Å². The molecule has 2 N–H and O–H groups in total. The molecule has 0 spiro atoms. The zero-order valence-electron chi connectivity index (χ0n) is 23.3. The van der Waals surface area contributed by atoms with Gasteiger partial charge in [-0.2, -0.15) is 0 Å². The van der Waals surface area contributed by atoms with Crippen LogP contribution in [0, 0.1) is 5.92 Å². The average molecular weight is 584 g/mol. The first kappa shape index (κ1) is 27.9. The predicted octanol–water partition coefficient (Wildman–Crippen LogP) is 3.31. The number of hydrogen-bond acceptors (Lipinski definition) is 11. The van der Waals surface area contributed by atoms with Gasteiger partial charge in [-0.1, -0.05) is 0 Å². The molecular weight excluding hydrogens is 546 g/mol. The zero-order chi connectivity index (χ0) is 28.5. The molecule has 8 heterocycles. The lowest BCUT2D eigenvalue weighted by Crippen LogP contribution is -2.44. The molecule has 0 amide bonds. The third-order valence-electron chi connectivity index (χ3n) is 8.41. The van der Waals surface area contributed by atoms with Gasteiger partial charge in [-0.15, -0.1) is 10.2 Å². The van der Waals surface area contributed by atoms with Crippen LogP contribution in [0.1, 0.15) is 45.4 Å². The predicted molar refractivity (Wildman–Crippen MR) is 155 cm³/mol. The Labute approximate surface area is 240 Å². The number of benzene rings is 1. The van der Waals surface area contributed by atoms with Crippen molar-refractivity contribution in [3.05, 3.63) is 30.5 Å². The van der Waals surface area contributed by atoms with Gasteiger partial charge >= 0.3 is 0 Å². The van der Waals surface area contributed by atoms with Gasteiger partial charge in [0, 0.05) is 39.0 Å². The average Bonchev–Trinajstić information content (AvgIpc) is 3.46. The molecule has 0 saturated carbocycles. The van der Waals surface area contributed by atoms with Crippen molar-refractivity contribution in [2.75, 3.05) is 59.7 Å². The van der Waals surface area contributed by atoms with Crippen LogP contribution in [-0.2, 0) is 14.8 Å². The number of aromatic nitrogens is 4. The van der Waals surface area contributed by atoms with E-state index in [4.69, 9.17) is 19.2 Å². The molecule has 220 valence electrons. The summed E-state index contributed by atoms with van der Waals surface area (Å²) in [7, 11) is -3.69. The van der Waals surface area contributed by atoms with Gasteiger partial charge in [0.05, 0.1) is 34.9 Å². The van der Waals surface area contributed by atoms with Gasteiger partial charge in [0.25, 0.3) is 5.89 Å². The summed E-state index contributed by atoms with van der Waals surface area (Å²) < 4.78 is 39.9. The highest BCUT2D eigenvalue weighted by Crippen LogP contribution is 2.38. The van der Waals surface area contributed by atoms with E-state index < -0.39 is 16.6 Å². The number of hydrogen-bond donors (Lipinski definition) is 2. The molecule has 0 aliphatic carbocycles. The summed E-state index contributed by atoms with van der Waals surface area (Å²) in [4.78, 5) is 13.7. The van der Waals surface area contributed by atoms with E-state index in [2.05, 4.69) is 36.6 Å². The summed E-state index contributed by atoms with van der Waals surface area (Å²) in [5.41, 5.74) is 2.24. The summed E-state index contributed by atoms with van der Waals surface area (Å²) >= 11 is 0. The third-order valence-corrected chi connectivity index (χ3v) is 9.68. The Balaban J connectivity index is 1.37. The second-order valence-electron chi connectivity index (χ2n) is 11.4. The summed E-state index contributed by atoms with van der Waals surface area (Å²) in [6.45, 7) is 5.76. The van der Waals surface area contributed by atoms with E-state index in [0.29, 0.717) is 40.6 Å². The van der Waals surface area contributed by atoms with Crippen LogP contribution < -0.4 is 14.5 Å². The Morgan fingerprint density at radius 2 is 1.83 bits per heavy atom. The zero-order valence-corrected chi connectivity index (χ0v) is 24.1. The lowest BCUT2D eigenvalue weighted by Gasteiger charge is -2.41. The Morgan fingerprint density at radius 1 is 1.05 bits per heavy atom. The molecule has 3 aromatic rings. The van der Waals surface area contributed by atoms with Gasteiger partial charge in [0.15, 0.2) is 0 Å². The number of anilines is 3. The Bertz CT molecular complexity index is 1460. The molecule has 0 radical (unpaired) electrons. The molecule has 6 aliphatic heterocycles. The number of rotatable bonds is 4. The number of aliphatic hydroxyl groups is 1. The first-order chi connectivity index (χ1) is 19.8. The molecule has 13 heteroatoms. The first-order valence-electron chi connectivity index (χ1n) is 14.4. The summed E-state index contributed by atoms with van der Waals surface area (Å²) in [5.74, 6) is 1.58. The van der Waals surface area contributed by atoms with Crippen molar-refractivity contribution in [2.45, 2.75) is 51.0 Å². The maximum Gasteiger partial charge on any atom is 0.266 e. The van der Waals surface area contributed by atoms with E-state index in [1.165, 1.54) is 0 Å². The van der Waals surface area contributed by atoms with Crippen molar-refractivity contribution in [1.82, 2.24) is 20.2 Å². The maximum absolute atomic E-state index is 12.4. The standard InChI is InChI=1S/C28H37N7O5S/c1-28-9-14-34(15-10-28)24-19-21(33-41(37,38)18-16-36)4-5-22(24)25-31-32-26(40-25)23-6-11-29-27(30-23)35-12-7-20(8-13-35)3-2-17-39-28/h4-6,11,19-20,33,36H,2-3,7-10,12-18H2,1H3. The van der Waals surface area contributed by atoms with Crippen molar-refractivity contribution in [2.24, 2.45) is 5.92 Å². The molecule has 6 aliphatic rings. The highest BCUT2D eigenvalue weighted by atomic mass is 32.2. The van der Waals surface area contributed by atoms with Gasteiger partial charge in [0.1, 0.15) is 5.69 Å². The van der Waals surface area contributed by atoms with Gasteiger partial charge < -0.3 is 24.1 Å². The SMILES string of the molecule is CC12CCN(CC1)c1cc(NS(=O)(=O)CCO)ccc1-c1nnc(o1)-c1ccnc(n1)N1CCC(CCCO2)CC1. The van der Waals surface area contributed by atoms with Crippen LogP contribution in [0.25, 0.3) is 23.0 Å². The molecule has 12 nitrogen and oxygen atoms in total. The highest BCUT2D eigenvalue weighted by Gasteiger charge is 2.33. The molecule has 9 rings (SSSR count). The fourth-order valence-corrected chi connectivity index (χ4v) is 6.75. The first-order valence-corrected chi connectivity index (χ1v) is 16.0. The van der Waals surface area contributed by atoms with Crippen molar-refractivity contribution in [3.63, 3.8) is 0 Å². The van der Waals surface area contributed by atoms with Crippen LogP contribution in [-0.4, -0.2) is 84.4 Å². The Morgan fingerprint density at radius 3 is 2.61 bits per heavy atom. The second-order valence-corrected chi connectivity index (χ2v) is 13.2. The van der Waals surface area contributed by atoms with Crippen molar-refractivity contribution in [3.8, 4) is 23.0 Å². The topological polar surface area (TPSA) is 147 Å². The minimum atomic E-state index is -3.69. The van der Waals surface area contributed by atoms with Gasteiger partial charge in [0.2, 0.25) is 21.9 Å². The van der Waals surface area contributed by atoms with E-state index >= 15 is 0 Å². The number of piperidine rings is 2. The van der Waals surface area contributed by atoms with Crippen molar-refractivity contribution >= 4 is 27.3 Å². The van der Waals surface area contributed by atoms with Gasteiger partial charge in [-0.25, -0.2) is 18.4 Å². The number of aliphatic hydroxyl groups excluding tert-OH is 1. The Kier molecular flexibility index (Phi) is 7.84. The number of nitrogens with zero attached hydrogens (tertiary/aromatic N) is 6. The number of ether oxygens (including phenoxy) is 1.